The third-order valence-corrected chi connectivity index (χ3v) is 3.11. The zero-order chi connectivity index (χ0) is 13.0. The van der Waals surface area contributed by atoms with Crippen molar-refractivity contribution in [1.29, 1.82) is 0 Å². The molecule has 0 aliphatic carbocycles. The quantitative estimate of drug-likeness (QED) is 0.870. The highest BCUT2D eigenvalue weighted by atomic mass is 79.9. The normalized spacial score (nSPS) is 10.4. The first-order valence-electron chi connectivity index (χ1n) is 5.40. The summed E-state index contributed by atoms with van der Waals surface area (Å²) in [6.07, 6.45) is 0. The lowest BCUT2D eigenvalue weighted by molar-refractivity contribution is 0.180. The molecular formula is C13H13BrN2O2. The minimum Gasteiger partial charge on any atom is -0.496 e. The fourth-order valence-electron chi connectivity index (χ4n) is 1.56. The molecule has 0 N–H and O–H groups in total. The molecule has 5 heteroatoms. The summed E-state index contributed by atoms with van der Waals surface area (Å²) in [4.78, 5) is 0. The Balaban J connectivity index is 2.30. The number of methoxy groups -OCH3 is 2. The number of ether oxygens (including phenoxy) is 2. The first-order chi connectivity index (χ1) is 8.74. The molecule has 2 aromatic rings. The minimum atomic E-state index is 0.469. The Morgan fingerprint density at radius 2 is 1.94 bits per heavy atom. The van der Waals surface area contributed by atoms with Crippen molar-refractivity contribution < 1.29 is 9.47 Å². The van der Waals surface area contributed by atoms with Crippen LogP contribution in [0.4, 0.5) is 0 Å². The molecule has 0 atom stereocenters. The molecule has 0 bridgehead atoms. The van der Waals surface area contributed by atoms with Crippen LogP contribution in [0.15, 0.2) is 34.8 Å². The van der Waals surface area contributed by atoms with Crippen molar-refractivity contribution in [1.82, 2.24) is 10.2 Å². The third kappa shape index (κ3) is 2.86. The number of nitrogens with zero attached hydrogens (tertiary/aromatic N) is 2. The average Bonchev–Trinajstić information content (AvgIpc) is 2.41. The van der Waals surface area contributed by atoms with Crippen molar-refractivity contribution in [3.05, 3.63) is 40.5 Å². The van der Waals surface area contributed by atoms with Gasteiger partial charge in [0.25, 0.3) is 0 Å². The van der Waals surface area contributed by atoms with Gasteiger partial charge in [-0.1, -0.05) is 6.07 Å². The Morgan fingerprint density at radius 1 is 1.11 bits per heavy atom. The first-order valence-corrected chi connectivity index (χ1v) is 6.19. The van der Waals surface area contributed by atoms with Crippen LogP contribution in [0, 0.1) is 0 Å². The summed E-state index contributed by atoms with van der Waals surface area (Å²) in [7, 11) is 3.27. The molecule has 0 radical (unpaired) electrons. The van der Waals surface area contributed by atoms with Gasteiger partial charge in [-0.2, -0.15) is 10.2 Å². The van der Waals surface area contributed by atoms with Crippen LogP contribution in [0.3, 0.4) is 0 Å². The maximum absolute atomic E-state index is 5.25. The molecule has 0 unspecified atom stereocenters. The molecule has 0 saturated carbocycles. The van der Waals surface area contributed by atoms with Crippen LogP contribution in [0.2, 0.25) is 0 Å². The van der Waals surface area contributed by atoms with E-state index in [1.165, 1.54) is 0 Å². The summed E-state index contributed by atoms with van der Waals surface area (Å²) in [5, 5.41) is 8.27. The predicted octanol–water partition coefficient (Wildman–Crippen LogP) is 3.06. The topological polar surface area (TPSA) is 44.2 Å². The van der Waals surface area contributed by atoms with Gasteiger partial charge < -0.3 is 9.47 Å². The average molecular weight is 309 g/mol. The highest BCUT2D eigenvalue weighted by Crippen LogP contribution is 2.29. The summed E-state index contributed by atoms with van der Waals surface area (Å²) in [6, 6.07) is 9.64. The fourth-order valence-corrected chi connectivity index (χ4v) is 1.97. The second kappa shape index (κ2) is 5.93. The molecule has 0 saturated heterocycles. The highest BCUT2D eigenvalue weighted by molar-refractivity contribution is 9.10. The van der Waals surface area contributed by atoms with Crippen molar-refractivity contribution in [3.8, 4) is 17.0 Å². The van der Waals surface area contributed by atoms with Crippen LogP contribution in [0.5, 0.6) is 5.75 Å². The van der Waals surface area contributed by atoms with E-state index in [1.807, 2.05) is 30.3 Å². The zero-order valence-electron chi connectivity index (χ0n) is 10.2. The van der Waals surface area contributed by atoms with E-state index in [1.54, 1.807) is 14.2 Å². The van der Waals surface area contributed by atoms with E-state index in [2.05, 4.69) is 26.1 Å². The van der Waals surface area contributed by atoms with E-state index in [0.29, 0.717) is 6.61 Å². The Labute approximate surface area is 114 Å². The van der Waals surface area contributed by atoms with Gasteiger partial charge in [0, 0.05) is 12.7 Å². The number of halogens is 1. The Hall–Kier alpha value is -1.46. The number of rotatable bonds is 4. The van der Waals surface area contributed by atoms with E-state index in [4.69, 9.17) is 9.47 Å². The second-order valence-electron chi connectivity index (χ2n) is 3.69. The van der Waals surface area contributed by atoms with E-state index in [0.717, 1.165) is 27.2 Å². The molecule has 1 aromatic heterocycles. The molecule has 0 spiro atoms. The maximum Gasteiger partial charge on any atom is 0.133 e. The van der Waals surface area contributed by atoms with Crippen molar-refractivity contribution in [2.75, 3.05) is 14.2 Å². The molecular weight excluding hydrogens is 296 g/mol. The lowest BCUT2D eigenvalue weighted by Crippen LogP contribution is -1.96. The summed E-state index contributed by atoms with van der Waals surface area (Å²) < 4.78 is 11.2. The molecule has 0 aliphatic rings. The van der Waals surface area contributed by atoms with Gasteiger partial charge in [0.1, 0.15) is 5.75 Å². The van der Waals surface area contributed by atoms with E-state index >= 15 is 0 Å². The van der Waals surface area contributed by atoms with E-state index < -0.39 is 0 Å². The lowest BCUT2D eigenvalue weighted by atomic mass is 10.1. The Bertz CT molecular complexity index is 529. The third-order valence-electron chi connectivity index (χ3n) is 2.46. The molecule has 94 valence electrons. The summed E-state index contributed by atoms with van der Waals surface area (Å²) in [6.45, 7) is 0.469. The minimum absolute atomic E-state index is 0.469. The number of hydrogen-bond donors (Lipinski definition) is 0. The monoisotopic (exact) mass is 308 g/mol. The predicted molar refractivity (Wildman–Crippen MR) is 72.4 cm³/mol. The second-order valence-corrected chi connectivity index (χ2v) is 4.55. The molecule has 1 heterocycles. The van der Waals surface area contributed by atoms with Gasteiger partial charge in [0.05, 0.1) is 29.6 Å². The van der Waals surface area contributed by atoms with Gasteiger partial charge >= 0.3 is 0 Å². The largest absolute Gasteiger partial charge is 0.496 e. The standard InChI is InChI=1S/C13H13BrN2O2/c1-17-8-10-4-6-12(16-15-10)9-3-5-11(14)13(7-9)18-2/h3-7H,8H2,1-2H3. The van der Waals surface area contributed by atoms with E-state index in [-0.39, 0.29) is 0 Å². The van der Waals surface area contributed by atoms with Gasteiger partial charge in [0.2, 0.25) is 0 Å². The van der Waals surface area contributed by atoms with Crippen LogP contribution >= 0.6 is 15.9 Å². The molecule has 18 heavy (non-hydrogen) atoms. The Kier molecular flexibility index (Phi) is 4.28. The lowest BCUT2D eigenvalue weighted by Gasteiger charge is -2.06. The molecule has 4 nitrogen and oxygen atoms in total. The Morgan fingerprint density at radius 3 is 2.56 bits per heavy atom. The van der Waals surface area contributed by atoms with Crippen LogP contribution < -0.4 is 4.74 Å². The van der Waals surface area contributed by atoms with Gasteiger partial charge in [0.15, 0.2) is 0 Å². The van der Waals surface area contributed by atoms with Gasteiger partial charge in [-0.25, -0.2) is 0 Å². The first kappa shape index (κ1) is 13.0. The smallest absolute Gasteiger partial charge is 0.133 e. The molecule has 0 fully saturated rings. The number of hydrogen-bond acceptors (Lipinski definition) is 4. The van der Waals surface area contributed by atoms with Crippen molar-refractivity contribution in [2.45, 2.75) is 6.61 Å². The van der Waals surface area contributed by atoms with Gasteiger partial charge in [-0.3, -0.25) is 0 Å². The highest BCUT2D eigenvalue weighted by Gasteiger charge is 2.05. The van der Waals surface area contributed by atoms with Crippen molar-refractivity contribution in [3.63, 3.8) is 0 Å². The van der Waals surface area contributed by atoms with Crippen molar-refractivity contribution in [2.24, 2.45) is 0 Å². The van der Waals surface area contributed by atoms with Gasteiger partial charge in [-0.15, -0.1) is 0 Å². The number of benzene rings is 1. The van der Waals surface area contributed by atoms with Crippen LogP contribution in [0.1, 0.15) is 5.69 Å². The molecule has 1 aromatic carbocycles. The fraction of sp³-hybridized carbons (Fsp3) is 0.231. The summed E-state index contributed by atoms with van der Waals surface area (Å²) in [5.74, 6) is 0.773. The van der Waals surface area contributed by atoms with Crippen LogP contribution in [0.25, 0.3) is 11.3 Å². The maximum atomic E-state index is 5.25. The zero-order valence-corrected chi connectivity index (χ0v) is 11.8. The number of aromatic nitrogens is 2. The van der Waals surface area contributed by atoms with Crippen molar-refractivity contribution >= 4 is 15.9 Å². The van der Waals surface area contributed by atoms with Crippen LogP contribution in [-0.2, 0) is 11.3 Å². The summed E-state index contributed by atoms with van der Waals surface area (Å²) in [5.41, 5.74) is 2.58. The van der Waals surface area contributed by atoms with Gasteiger partial charge in [-0.05, 0) is 40.2 Å². The van der Waals surface area contributed by atoms with E-state index in [9.17, 15) is 0 Å². The molecule has 0 aliphatic heterocycles. The molecule has 0 amide bonds. The SMILES string of the molecule is COCc1ccc(-c2ccc(Br)c(OC)c2)nn1. The summed E-state index contributed by atoms with van der Waals surface area (Å²) >= 11 is 3.42. The van der Waals surface area contributed by atoms with Crippen LogP contribution in [-0.4, -0.2) is 24.4 Å². The molecule has 2 rings (SSSR count).